The van der Waals surface area contributed by atoms with Crippen LogP contribution in [-0.2, 0) is 0 Å². The van der Waals surface area contributed by atoms with Crippen LogP contribution in [0.1, 0.15) is 10.9 Å². The molecular weight excluding hydrogens is 312 g/mol. The van der Waals surface area contributed by atoms with Gasteiger partial charge in [-0.25, -0.2) is 9.97 Å². The topological polar surface area (TPSA) is 41.0 Å². The third kappa shape index (κ3) is 3.51. The largest absolute Gasteiger partial charge is 0.352 e. The number of aromatic nitrogens is 2. The van der Waals surface area contributed by atoms with Crippen molar-refractivity contribution in [2.75, 3.05) is 26.0 Å². The molecule has 0 aliphatic rings. The third-order valence-electron chi connectivity index (χ3n) is 2.57. The average Bonchev–Trinajstić information content (AvgIpc) is 2.85. The zero-order chi connectivity index (χ0) is 13.0. The van der Waals surface area contributed by atoms with E-state index in [-0.39, 0.29) is 0 Å². The second-order valence-corrected chi connectivity index (χ2v) is 6.00. The predicted molar refractivity (Wildman–Crippen MR) is 79.0 cm³/mol. The first-order valence-electron chi connectivity index (χ1n) is 5.58. The SMILES string of the molecule is CN(C)[C@@H](CNc1ncc(Br)cn1)c1cccs1. The summed E-state index contributed by atoms with van der Waals surface area (Å²) in [4.78, 5) is 11.9. The van der Waals surface area contributed by atoms with Crippen LogP contribution < -0.4 is 5.32 Å². The molecule has 0 fully saturated rings. The Morgan fingerprint density at radius 2 is 2.11 bits per heavy atom. The number of nitrogens with zero attached hydrogens (tertiary/aromatic N) is 3. The molecule has 0 radical (unpaired) electrons. The van der Waals surface area contributed by atoms with Crippen LogP contribution >= 0.6 is 27.3 Å². The lowest BCUT2D eigenvalue weighted by molar-refractivity contribution is 0.316. The van der Waals surface area contributed by atoms with Crippen molar-refractivity contribution in [3.8, 4) is 0 Å². The minimum absolute atomic E-state index is 0.331. The maximum absolute atomic E-state index is 4.21. The van der Waals surface area contributed by atoms with E-state index in [4.69, 9.17) is 0 Å². The predicted octanol–water partition coefficient (Wildman–Crippen LogP) is 3.02. The molecule has 0 saturated heterocycles. The first kappa shape index (κ1) is 13.5. The Balaban J connectivity index is 2.00. The molecule has 4 nitrogen and oxygen atoms in total. The van der Waals surface area contributed by atoms with Gasteiger partial charge >= 0.3 is 0 Å². The lowest BCUT2D eigenvalue weighted by Gasteiger charge is -2.23. The first-order chi connectivity index (χ1) is 8.66. The zero-order valence-corrected chi connectivity index (χ0v) is 12.7. The molecule has 0 unspecified atom stereocenters. The van der Waals surface area contributed by atoms with Gasteiger partial charge in [0, 0.05) is 23.8 Å². The monoisotopic (exact) mass is 326 g/mol. The number of halogens is 1. The number of hydrogen-bond acceptors (Lipinski definition) is 5. The number of thiophene rings is 1. The number of hydrogen-bond donors (Lipinski definition) is 1. The van der Waals surface area contributed by atoms with E-state index in [0.29, 0.717) is 12.0 Å². The van der Waals surface area contributed by atoms with Crippen molar-refractivity contribution < 1.29 is 0 Å². The van der Waals surface area contributed by atoms with Crippen LogP contribution in [-0.4, -0.2) is 35.5 Å². The molecule has 0 saturated carbocycles. The van der Waals surface area contributed by atoms with Gasteiger partial charge in [-0.3, -0.25) is 0 Å². The van der Waals surface area contributed by atoms with Crippen molar-refractivity contribution in [3.63, 3.8) is 0 Å². The van der Waals surface area contributed by atoms with Gasteiger partial charge in [-0.1, -0.05) is 6.07 Å². The molecule has 0 aromatic carbocycles. The van der Waals surface area contributed by atoms with Crippen LogP contribution in [0.4, 0.5) is 5.95 Å². The van der Waals surface area contributed by atoms with Crippen LogP contribution in [0.15, 0.2) is 34.4 Å². The standard InChI is InChI=1S/C12H15BrN4S/c1-17(2)10(11-4-3-5-18-11)8-16-12-14-6-9(13)7-15-12/h3-7,10H,8H2,1-2H3,(H,14,15,16)/t10-/m0/s1. The quantitative estimate of drug-likeness (QED) is 0.917. The van der Waals surface area contributed by atoms with Crippen LogP contribution in [0.25, 0.3) is 0 Å². The highest BCUT2D eigenvalue weighted by Gasteiger charge is 2.15. The van der Waals surface area contributed by atoms with E-state index in [9.17, 15) is 0 Å². The van der Waals surface area contributed by atoms with Gasteiger partial charge in [0.05, 0.1) is 10.5 Å². The lowest BCUT2D eigenvalue weighted by atomic mass is 10.2. The second kappa shape index (κ2) is 6.26. The number of likely N-dealkylation sites (N-methyl/N-ethyl adjacent to an activating group) is 1. The van der Waals surface area contributed by atoms with Crippen molar-refractivity contribution in [2.45, 2.75) is 6.04 Å². The lowest BCUT2D eigenvalue weighted by Crippen LogP contribution is -2.26. The molecule has 96 valence electrons. The van der Waals surface area contributed by atoms with E-state index in [0.717, 1.165) is 11.0 Å². The molecule has 2 rings (SSSR count). The second-order valence-electron chi connectivity index (χ2n) is 4.10. The Kier molecular flexibility index (Phi) is 4.68. The van der Waals surface area contributed by atoms with Gasteiger partial charge in [0.1, 0.15) is 0 Å². The highest BCUT2D eigenvalue weighted by atomic mass is 79.9. The van der Waals surface area contributed by atoms with Gasteiger partial charge in [0.15, 0.2) is 0 Å². The summed E-state index contributed by atoms with van der Waals surface area (Å²) in [5.41, 5.74) is 0. The van der Waals surface area contributed by atoms with Crippen LogP contribution in [0.3, 0.4) is 0 Å². The molecule has 0 aliphatic heterocycles. The van der Waals surface area contributed by atoms with Crippen LogP contribution in [0.5, 0.6) is 0 Å². The van der Waals surface area contributed by atoms with Crippen molar-refractivity contribution in [1.29, 1.82) is 0 Å². The van der Waals surface area contributed by atoms with E-state index in [1.54, 1.807) is 23.7 Å². The molecule has 6 heteroatoms. The first-order valence-corrected chi connectivity index (χ1v) is 7.25. The minimum atomic E-state index is 0.331. The highest BCUT2D eigenvalue weighted by molar-refractivity contribution is 9.10. The molecule has 2 aromatic heterocycles. The van der Waals surface area contributed by atoms with Crippen molar-refractivity contribution in [3.05, 3.63) is 39.3 Å². The summed E-state index contributed by atoms with van der Waals surface area (Å²) in [6.45, 7) is 0.787. The van der Waals surface area contributed by atoms with Crippen LogP contribution in [0, 0.1) is 0 Å². The fourth-order valence-electron chi connectivity index (χ4n) is 1.61. The Morgan fingerprint density at radius 3 is 2.67 bits per heavy atom. The molecular formula is C12H15BrN4S. The summed E-state index contributed by atoms with van der Waals surface area (Å²) in [6.07, 6.45) is 3.48. The molecule has 1 atom stereocenters. The number of nitrogens with one attached hydrogen (secondary N) is 1. The van der Waals surface area contributed by atoms with Crippen molar-refractivity contribution >= 4 is 33.2 Å². The average molecular weight is 327 g/mol. The van der Waals surface area contributed by atoms with Crippen LogP contribution in [0.2, 0.25) is 0 Å². The minimum Gasteiger partial charge on any atom is -0.352 e. The van der Waals surface area contributed by atoms with Gasteiger partial charge in [-0.05, 0) is 41.5 Å². The number of anilines is 1. The van der Waals surface area contributed by atoms with E-state index in [2.05, 4.69) is 67.7 Å². The summed E-state index contributed by atoms with van der Waals surface area (Å²) in [7, 11) is 4.16. The third-order valence-corrected chi connectivity index (χ3v) is 3.95. The normalized spacial score (nSPS) is 12.7. The Labute approximate surface area is 119 Å². The smallest absolute Gasteiger partial charge is 0.222 e. The molecule has 0 amide bonds. The Hall–Kier alpha value is -0.980. The van der Waals surface area contributed by atoms with Gasteiger partial charge < -0.3 is 10.2 Å². The van der Waals surface area contributed by atoms with Crippen molar-refractivity contribution in [2.24, 2.45) is 0 Å². The number of rotatable bonds is 5. The molecule has 0 bridgehead atoms. The maximum Gasteiger partial charge on any atom is 0.222 e. The molecule has 0 aliphatic carbocycles. The van der Waals surface area contributed by atoms with Gasteiger partial charge in [0.25, 0.3) is 0 Å². The summed E-state index contributed by atoms with van der Waals surface area (Å²) in [5.74, 6) is 0.654. The van der Waals surface area contributed by atoms with Gasteiger partial charge in [-0.2, -0.15) is 0 Å². The fraction of sp³-hybridized carbons (Fsp3) is 0.333. The van der Waals surface area contributed by atoms with Gasteiger partial charge in [-0.15, -0.1) is 11.3 Å². The molecule has 2 aromatic rings. The van der Waals surface area contributed by atoms with E-state index >= 15 is 0 Å². The molecule has 18 heavy (non-hydrogen) atoms. The fourth-order valence-corrected chi connectivity index (χ4v) is 2.74. The zero-order valence-electron chi connectivity index (χ0n) is 10.3. The molecule has 0 spiro atoms. The van der Waals surface area contributed by atoms with E-state index in [1.807, 2.05) is 0 Å². The summed E-state index contributed by atoms with van der Waals surface area (Å²) in [6, 6.07) is 4.56. The summed E-state index contributed by atoms with van der Waals surface area (Å²) < 4.78 is 0.885. The van der Waals surface area contributed by atoms with E-state index < -0.39 is 0 Å². The van der Waals surface area contributed by atoms with Gasteiger partial charge in [0.2, 0.25) is 5.95 Å². The Morgan fingerprint density at radius 1 is 1.39 bits per heavy atom. The Bertz CT molecular complexity index is 469. The maximum atomic E-state index is 4.21. The van der Waals surface area contributed by atoms with Crippen molar-refractivity contribution in [1.82, 2.24) is 14.9 Å². The molecule has 1 N–H and O–H groups in total. The summed E-state index contributed by atoms with van der Waals surface area (Å²) in [5, 5.41) is 5.36. The highest BCUT2D eigenvalue weighted by Crippen LogP contribution is 2.23. The summed E-state index contributed by atoms with van der Waals surface area (Å²) >= 11 is 5.09. The van der Waals surface area contributed by atoms with E-state index in [1.165, 1.54) is 4.88 Å². The molecule has 2 heterocycles.